The Bertz CT molecular complexity index is 637. The van der Waals surface area contributed by atoms with Crippen LogP contribution in [0.4, 0.5) is 0 Å². The van der Waals surface area contributed by atoms with Gasteiger partial charge in [0.15, 0.2) is 8.32 Å². The van der Waals surface area contributed by atoms with Gasteiger partial charge in [0.1, 0.15) is 0 Å². The minimum absolute atomic E-state index is 0.563. The van der Waals surface area contributed by atoms with Crippen LogP contribution in [0.25, 0.3) is 0 Å². The first-order chi connectivity index (χ1) is 14.9. The summed E-state index contributed by atoms with van der Waals surface area (Å²) < 4.78 is 6.62. The zero-order valence-corrected chi connectivity index (χ0v) is 24.0. The fraction of sp³-hybridized carbons (Fsp3) is 1.00. The van der Waals surface area contributed by atoms with Gasteiger partial charge in [-0.25, -0.2) is 0 Å². The van der Waals surface area contributed by atoms with E-state index in [0.717, 1.165) is 41.4 Å². The molecule has 0 saturated heterocycles. The zero-order chi connectivity index (χ0) is 23.3. The number of rotatable bonds is 7. The first kappa shape index (κ1) is 25.3. The van der Waals surface area contributed by atoms with Crippen molar-refractivity contribution < 1.29 is 4.43 Å². The lowest BCUT2D eigenvalue weighted by Crippen LogP contribution is -2.54. The molecule has 9 atom stereocenters. The molecule has 4 aliphatic rings. The molecule has 0 aliphatic heterocycles. The maximum atomic E-state index is 6.62. The second kappa shape index (κ2) is 9.33. The Morgan fingerprint density at radius 3 is 2.19 bits per heavy atom. The van der Waals surface area contributed by atoms with Gasteiger partial charge in [-0.3, -0.25) is 0 Å². The van der Waals surface area contributed by atoms with E-state index >= 15 is 0 Å². The van der Waals surface area contributed by atoms with Crippen LogP contribution in [0, 0.1) is 52.3 Å². The SMILES string of the molecule is CC(C)CCC[C@@H](C)[C@H]1CC[C@H]2[C@@H]3CC[C@@H]4CC(O[Si](C)(C)C)CC[C@]4(C)[C@H]3CC[C@]12C. The molecule has 0 heterocycles. The molecule has 0 radical (unpaired) electrons. The average molecular weight is 461 g/mol. The maximum Gasteiger partial charge on any atom is 0.184 e. The molecule has 1 nitrogen and oxygen atoms in total. The van der Waals surface area contributed by atoms with Gasteiger partial charge in [0, 0.05) is 6.10 Å². The van der Waals surface area contributed by atoms with E-state index < -0.39 is 8.32 Å². The lowest BCUT2D eigenvalue weighted by molar-refractivity contribution is -0.127. The van der Waals surface area contributed by atoms with Gasteiger partial charge in [0.05, 0.1) is 0 Å². The van der Waals surface area contributed by atoms with Crippen LogP contribution in [-0.2, 0) is 4.43 Å². The lowest BCUT2D eigenvalue weighted by atomic mass is 9.44. The fourth-order valence-electron chi connectivity index (χ4n) is 9.85. The Morgan fingerprint density at radius 1 is 0.812 bits per heavy atom. The zero-order valence-electron chi connectivity index (χ0n) is 23.0. The third kappa shape index (κ3) is 4.80. The van der Waals surface area contributed by atoms with Gasteiger partial charge in [-0.2, -0.15) is 0 Å². The molecule has 2 heteroatoms. The quantitative estimate of drug-likeness (QED) is 0.344. The normalized spacial score (nSPS) is 45.3. The Balaban J connectivity index is 1.42. The predicted octanol–water partition coefficient (Wildman–Crippen LogP) is 9.33. The molecule has 0 amide bonds. The van der Waals surface area contributed by atoms with Gasteiger partial charge in [0.2, 0.25) is 0 Å². The lowest BCUT2D eigenvalue weighted by Gasteiger charge is -2.61. The molecule has 186 valence electrons. The minimum Gasteiger partial charge on any atom is -0.415 e. The van der Waals surface area contributed by atoms with Crippen LogP contribution in [0.2, 0.25) is 19.6 Å². The molecule has 1 unspecified atom stereocenters. The van der Waals surface area contributed by atoms with Gasteiger partial charge in [-0.1, -0.05) is 53.9 Å². The first-order valence-electron chi connectivity index (χ1n) is 14.6. The van der Waals surface area contributed by atoms with Crippen molar-refractivity contribution in [3.63, 3.8) is 0 Å². The van der Waals surface area contributed by atoms with Crippen molar-refractivity contribution >= 4 is 8.32 Å². The summed E-state index contributed by atoms with van der Waals surface area (Å²) in [6, 6.07) is 0. The summed E-state index contributed by atoms with van der Waals surface area (Å²) >= 11 is 0. The number of hydrogen-bond acceptors (Lipinski definition) is 1. The molecule has 32 heavy (non-hydrogen) atoms. The highest BCUT2D eigenvalue weighted by atomic mass is 28.4. The summed E-state index contributed by atoms with van der Waals surface area (Å²) in [5.74, 6) is 6.77. The van der Waals surface area contributed by atoms with Crippen molar-refractivity contribution in [1.29, 1.82) is 0 Å². The van der Waals surface area contributed by atoms with Gasteiger partial charge < -0.3 is 4.43 Å². The van der Waals surface area contributed by atoms with E-state index in [0.29, 0.717) is 16.9 Å². The monoisotopic (exact) mass is 460 g/mol. The molecule has 0 aromatic carbocycles. The van der Waals surface area contributed by atoms with E-state index in [2.05, 4.69) is 54.3 Å². The minimum atomic E-state index is -1.42. The Kier molecular flexibility index (Phi) is 7.37. The van der Waals surface area contributed by atoms with E-state index in [1.54, 1.807) is 6.42 Å². The molecule has 4 saturated carbocycles. The van der Waals surface area contributed by atoms with Crippen molar-refractivity contribution in [2.24, 2.45) is 52.3 Å². The molecule has 4 rings (SSSR count). The topological polar surface area (TPSA) is 9.23 Å². The Morgan fingerprint density at radius 2 is 1.50 bits per heavy atom. The predicted molar refractivity (Wildman–Crippen MR) is 141 cm³/mol. The van der Waals surface area contributed by atoms with E-state index in [1.807, 2.05) is 0 Å². The summed E-state index contributed by atoms with van der Waals surface area (Å²) in [6.07, 6.45) is 18.2. The molecule has 0 spiro atoms. The van der Waals surface area contributed by atoms with Crippen molar-refractivity contribution in [3.8, 4) is 0 Å². The van der Waals surface area contributed by atoms with Crippen LogP contribution in [-0.4, -0.2) is 14.4 Å². The molecular weight excluding hydrogens is 404 g/mol. The largest absolute Gasteiger partial charge is 0.415 e. The molecule has 4 fully saturated rings. The Labute approximate surface area is 202 Å². The highest BCUT2D eigenvalue weighted by molar-refractivity contribution is 6.69. The number of hydrogen-bond donors (Lipinski definition) is 0. The standard InChI is InChI=1S/C30H56OSi/c1-21(2)10-9-11-22(3)26-14-15-27-25-13-12-23-20-24(31-32(6,7)8)16-18-29(23,4)28(25)17-19-30(26,27)5/h21-28H,9-20H2,1-8H3/t22-,23-,24?,25+,26-,27+,28+,29+,30-/m1/s1. The van der Waals surface area contributed by atoms with E-state index in [1.165, 1.54) is 70.6 Å². The van der Waals surface area contributed by atoms with Crippen LogP contribution in [0.5, 0.6) is 0 Å². The van der Waals surface area contributed by atoms with Crippen molar-refractivity contribution in [1.82, 2.24) is 0 Å². The molecule has 0 aromatic heterocycles. The second-order valence-corrected chi connectivity index (χ2v) is 19.3. The van der Waals surface area contributed by atoms with Crippen molar-refractivity contribution in [2.45, 2.75) is 137 Å². The number of fused-ring (bicyclic) bond motifs is 5. The third-order valence-corrected chi connectivity index (χ3v) is 12.4. The summed E-state index contributed by atoms with van der Waals surface area (Å²) in [6.45, 7) is 20.0. The van der Waals surface area contributed by atoms with Gasteiger partial charge >= 0.3 is 0 Å². The van der Waals surface area contributed by atoms with Crippen LogP contribution in [0.15, 0.2) is 0 Å². The van der Waals surface area contributed by atoms with Crippen molar-refractivity contribution in [3.05, 3.63) is 0 Å². The average Bonchev–Trinajstić information content (AvgIpc) is 3.04. The molecule has 0 N–H and O–H groups in total. The van der Waals surface area contributed by atoms with Crippen LogP contribution >= 0.6 is 0 Å². The smallest absolute Gasteiger partial charge is 0.184 e. The van der Waals surface area contributed by atoms with Gasteiger partial charge in [0.25, 0.3) is 0 Å². The van der Waals surface area contributed by atoms with Crippen molar-refractivity contribution in [2.75, 3.05) is 0 Å². The Hall–Kier alpha value is 0.177. The summed E-state index contributed by atoms with van der Waals surface area (Å²) in [4.78, 5) is 0. The summed E-state index contributed by atoms with van der Waals surface area (Å²) in [7, 11) is -1.42. The van der Waals surface area contributed by atoms with E-state index in [-0.39, 0.29) is 0 Å². The third-order valence-electron chi connectivity index (χ3n) is 11.3. The van der Waals surface area contributed by atoms with Crippen LogP contribution in [0.3, 0.4) is 0 Å². The maximum absolute atomic E-state index is 6.62. The van der Waals surface area contributed by atoms with Crippen LogP contribution < -0.4 is 0 Å². The van der Waals surface area contributed by atoms with Gasteiger partial charge in [-0.05, 0) is 130 Å². The molecular formula is C30H56OSi. The van der Waals surface area contributed by atoms with E-state index in [4.69, 9.17) is 4.43 Å². The van der Waals surface area contributed by atoms with E-state index in [9.17, 15) is 0 Å². The first-order valence-corrected chi connectivity index (χ1v) is 18.0. The van der Waals surface area contributed by atoms with Gasteiger partial charge in [-0.15, -0.1) is 0 Å². The fourth-order valence-corrected chi connectivity index (χ4v) is 11.1. The summed E-state index contributed by atoms with van der Waals surface area (Å²) in [5, 5.41) is 0. The summed E-state index contributed by atoms with van der Waals surface area (Å²) in [5.41, 5.74) is 1.24. The highest BCUT2D eigenvalue weighted by Crippen LogP contribution is 2.68. The molecule has 4 aliphatic carbocycles. The highest BCUT2D eigenvalue weighted by Gasteiger charge is 2.60. The molecule has 0 bridgehead atoms. The molecule has 0 aromatic rings. The van der Waals surface area contributed by atoms with Crippen LogP contribution in [0.1, 0.15) is 112 Å². The second-order valence-electron chi connectivity index (χ2n) is 14.8.